The minimum absolute atomic E-state index is 0.321. The van der Waals surface area contributed by atoms with E-state index in [1.54, 1.807) is 11.3 Å². The predicted molar refractivity (Wildman–Crippen MR) is 88.6 cm³/mol. The molecular weight excluding hydrogens is 284 g/mol. The van der Waals surface area contributed by atoms with Crippen LogP contribution in [0.3, 0.4) is 0 Å². The summed E-state index contributed by atoms with van der Waals surface area (Å²) in [7, 11) is 0. The summed E-state index contributed by atoms with van der Waals surface area (Å²) in [5.74, 6) is 0. The van der Waals surface area contributed by atoms with Crippen molar-refractivity contribution in [3.8, 4) is 0 Å². The van der Waals surface area contributed by atoms with Gasteiger partial charge in [-0.3, -0.25) is 4.98 Å². The van der Waals surface area contributed by atoms with Crippen LogP contribution in [0.5, 0.6) is 0 Å². The fourth-order valence-electron chi connectivity index (χ4n) is 2.18. The van der Waals surface area contributed by atoms with Gasteiger partial charge in [-0.25, -0.2) is 0 Å². The molecule has 1 atom stereocenters. The predicted octanol–water partition coefficient (Wildman–Crippen LogP) is 4.77. The number of hydrogen-bond acceptors (Lipinski definition) is 4. The molecule has 3 aromatic heterocycles. The smallest absolute Gasteiger partial charge is 0.0809 e. The van der Waals surface area contributed by atoms with E-state index < -0.39 is 0 Å². The standard InChI is InChI=1S/C16H18N2S2/c1-3-13-4-5-14(20-13)10-17-11(2)12-8-16-15(18-9-12)6-7-19-16/h4-9,11,17H,3,10H2,1-2H3. The lowest BCUT2D eigenvalue weighted by molar-refractivity contribution is 0.578. The van der Waals surface area contributed by atoms with Crippen molar-refractivity contribution in [1.29, 1.82) is 0 Å². The summed E-state index contributed by atoms with van der Waals surface area (Å²) >= 11 is 3.65. The number of nitrogens with zero attached hydrogens (tertiary/aromatic N) is 1. The molecule has 0 bridgehead atoms. The fourth-order valence-corrected chi connectivity index (χ4v) is 3.88. The lowest BCUT2D eigenvalue weighted by Gasteiger charge is -2.13. The molecule has 3 rings (SSSR count). The maximum absolute atomic E-state index is 4.51. The molecule has 3 aromatic rings. The van der Waals surface area contributed by atoms with Crippen LogP contribution in [0.1, 0.15) is 35.2 Å². The Morgan fingerprint density at radius 1 is 1.25 bits per heavy atom. The molecule has 1 N–H and O–H groups in total. The number of rotatable bonds is 5. The quantitative estimate of drug-likeness (QED) is 0.734. The highest BCUT2D eigenvalue weighted by molar-refractivity contribution is 7.17. The number of pyridine rings is 1. The zero-order valence-electron chi connectivity index (χ0n) is 11.7. The average Bonchev–Trinajstić information content (AvgIpc) is 3.12. The monoisotopic (exact) mass is 302 g/mol. The first-order valence-corrected chi connectivity index (χ1v) is 8.60. The van der Waals surface area contributed by atoms with Crippen LogP contribution in [0, 0.1) is 0 Å². The Balaban J connectivity index is 1.67. The van der Waals surface area contributed by atoms with Gasteiger partial charge in [-0.1, -0.05) is 6.92 Å². The number of thiophene rings is 2. The van der Waals surface area contributed by atoms with E-state index in [4.69, 9.17) is 0 Å². The highest BCUT2D eigenvalue weighted by atomic mass is 32.1. The Morgan fingerprint density at radius 3 is 2.90 bits per heavy atom. The van der Waals surface area contributed by atoms with Crippen LogP contribution < -0.4 is 5.32 Å². The third-order valence-corrected chi connectivity index (χ3v) is 5.55. The molecule has 0 saturated carbocycles. The van der Waals surface area contributed by atoms with Crippen molar-refractivity contribution in [2.24, 2.45) is 0 Å². The van der Waals surface area contributed by atoms with Crippen molar-refractivity contribution < 1.29 is 0 Å². The normalized spacial score (nSPS) is 12.9. The molecule has 2 nitrogen and oxygen atoms in total. The zero-order valence-corrected chi connectivity index (χ0v) is 13.4. The number of nitrogens with one attached hydrogen (secondary N) is 1. The van der Waals surface area contributed by atoms with Gasteiger partial charge in [-0.2, -0.15) is 0 Å². The maximum Gasteiger partial charge on any atom is 0.0809 e. The summed E-state index contributed by atoms with van der Waals surface area (Å²) in [6.07, 6.45) is 3.11. The van der Waals surface area contributed by atoms with Gasteiger partial charge in [-0.15, -0.1) is 22.7 Å². The van der Waals surface area contributed by atoms with E-state index in [2.05, 4.69) is 53.8 Å². The molecule has 0 aromatic carbocycles. The lowest BCUT2D eigenvalue weighted by Crippen LogP contribution is -2.17. The Kier molecular flexibility index (Phi) is 4.15. The van der Waals surface area contributed by atoms with Crippen molar-refractivity contribution in [2.75, 3.05) is 0 Å². The van der Waals surface area contributed by atoms with E-state index in [0.717, 1.165) is 18.5 Å². The van der Waals surface area contributed by atoms with Gasteiger partial charge in [-0.05, 0) is 48.6 Å². The minimum atomic E-state index is 0.321. The van der Waals surface area contributed by atoms with Crippen LogP contribution in [0.2, 0.25) is 0 Å². The van der Waals surface area contributed by atoms with Gasteiger partial charge >= 0.3 is 0 Å². The van der Waals surface area contributed by atoms with Crippen molar-refractivity contribution >= 4 is 32.9 Å². The van der Waals surface area contributed by atoms with E-state index >= 15 is 0 Å². The summed E-state index contributed by atoms with van der Waals surface area (Å²) in [4.78, 5) is 7.36. The van der Waals surface area contributed by atoms with Crippen LogP contribution in [-0.2, 0) is 13.0 Å². The molecule has 0 amide bonds. The van der Waals surface area contributed by atoms with Crippen LogP contribution in [-0.4, -0.2) is 4.98 Å². The van der Waals surface area contributed by atoms with Gasteiger partial charge in [0.1, 0.15) is 0 Å². The number of hydrogen-bond donors (Lipinski definition) is 1. The highest BCUT2D eigenvalue weighted by Gasteiger charge is 2.08. The Hall–Kier alpha value is -1.23. The van der Waals surface area contributed by atoms with Gasteiger partial charge in [0.05, 0.1) is 10.2 Å². The SMILES string of the molecule is CCc1ccc(CNC(C)c2cnc3ccsc3c2)s1. The van der Waals surface area contributed by atoms with Gasteiger partial charge in [0.15, 0.2) is 0 Å². The second kappa shape index (κ2) is 6.04. The summed E-state index contributed by atoms with van der Waals surface area (Å²) in [6, 6.07) is 9.09. The third kappa shape index (κ3) is 2.92. The molecule has 1 unspecified atom stereocenters. The average molecular weight is 302 g/mol. The molecule has 0 aliphatic heterocycles. The Morgan fingerprint density at radius 2 is 2.10 bits per heavy atom. The van der Waals surface area contributed by atoms with Gasteiger partial charge in [0.25, 0.3) is 0 Å². The van der Waals surface area contributed by atoms with Gasteiger partial charge in [0, 0.05) is 28.5 Å². The van der Waals surface area contributed by atoms with E-state index in [9.17, 15) is 0 Å². The molecule has 0 aliphatic rings. The summed E-state index contributed by atoms with van der Waals surface area (Å²) in [5.41, 5.74) is 2.35. The van der Waals surface area contributed by atoms with Gasteiger partial charge < -0.3 is 5.32 Å². The van der Waals surface area contributed by atoms with Crippen molar-refractivity contribution in [1.82, 2.24) is 10.3 Å². The largest absolute Gasteiger partial charge is 0.305 e. The highest BCUT2D eigenvalue weighted by Crippen LogP contribution is 2.23. The summed E-state index contributed by atoms with van der Waals surface area (Å²) < 4.78 is 1.26. The molecule has 0 fully saturated rings. The molecule has 3 heterocycles. The molecule has 0 spiro atoms. The Labute approximate surface area is 127 Å². The van der Waals surface area contributed by atoms with Crippen LogP contribution in [0.25, 0.3) is 10.2 Å². The third-order valence-electron chi connectivity index (χ3n) is 3.47. The number of fused-ring (bicyclic) bond motifs is 1. The number of aromatic nitrogens is 1. The number of aryl methyl sites for hydroxylation is 1. The summed E-state index contributed by atoms with van der Waals surface area (Å²) in [5, 5.41) is 5.68. The maximum atomic E-state index is 4.51. The van der Waals surface area contributed by atoms with Crippen molar-refractivity contribution in [3.05, 3.63) is 51.2 Å². The zero-order chi connectivity index (χ0) is 13.9. The summed E-state index contributed by atoms with van der Waals surface area (Å²) in [6.45, 7) is 5.33. The van der Waals surface area contributed by atoms with E-state index in [1.807, 2.05) is 17.5 Å². The first-order chi connectivity index (χ1) is 9.76. The van der Waals surface area contributed by atoms with Crippen molar-refractivity contribution in [2.45, 2.75) is 32.9 Å². The van der Waals surface area contributed by atoms with Crippen LogP contribution in [0.4, 0.5) is 0 Å². The minimum Gasteiger partial charge on any atom is -0.305 e. The van der Waals surface area contributed by atoms with Crippen molar-refractivity contribution in [3.63, 3.8) is 0 Å². The first-order valence-electron chi connectivity index (χ1n) is 6.90. The second-order valence-corrected chi connectivity index (χ2v) is 7.10. The van der Waals surface area contributed by atoms with Crippen LogP contribution in [0.15, 0.2) is 35.8 Å². The first kappa shape index (κ1) is 13.7. The Bertz CT molecular complexity index is 699. The molecule has 0 radical (unpaired) electrons. The molecular formula is C16H18N2S2. The van der Waals surface area contributed by atoms with E-state index in [-0.39, 0.29) is 0 Å². The van der Waals surface area contributed by atoms with E-state index in [1.165, 1.54) is 20.0 Å². The molecule has 4 heteroatoms. The topological polar surface area (TPSA) is 24.9 Å². The van der Waals surface area contributed by atoms with E-state index in [0.29, 0.717) is 6.04 Å². The van der Waals surface area contributed by atoms with Crippen LogP contribution >= 0.6 is 22.7 Å². The molecule has 104 valence electrons. The molecule has 20 heavy (non-hydrogen) atoms. The second-order valence-electron chi connectivity index (χ2n) is 4.90. The lowest BCUT2D eigenvalue weighted by atomic mass is 10.1. The molecule has 0 aliphatic carbocycles. The van der Waals surface area contributed by atoms with Gasteiger partial charge in [0.2, 0.25) is 0 Å². The fraction of sp³-hybridized carbons (Fsp3) is 0.312. The molecule has 0 saturated heterocycles.